The summed E-state index contributed by atoms with van der Waals surface area (Å²) in [6, 6.07) is 11.1. The molecule has 0 aliphatic rings. The van der Waals surface area contributed by atoms with E-state index in [1.54, 1.807) is 36.7 Å². The van der Waals surface area contributed by atoms with Gasteiger partial charge in [-0.3, -0.25) is 0 Å². The van der Waals surface area contributed by atoms with Crippen molar-refractivity contribution in [3.8, 4) is 0 Å². The van der Waals surface area contributed by atoms with Crippen molar-refractivity contribution < 1.29 is 13.2 Å². The summed E-state index contributed by atoms with van der Waals surface area (Å²) < 4.78 is 32.7. The van der Waals surface area contributed by atoms with Gasteiger partial charge in [-0.05, 0) is 49.4 Å². The van der Waals surface area contributed by atoms with Crippen LogP contribution in [0.4, 0.5) is 5.69 Å². The highest BCUT2D eigenvalue weighted by Gasteiger charge is 2.18. The Bertz CT molecular complexity index is 947. The van der Waals surface area contributed by atoms with E-state index in [0.717, 1.165) is 5.52 Å². The van der Waals surface area contributed by atoms with Gasteiger partial charge in [-0.2, -0.15) is 0 Å². The molecule has 24 heavy (non-hydrogen) atoms. The zero-order valence-electron chi connectivity index (χ0n) is 13.3. The SMILES string of the molecule is CCOCCn1cnc2cc(S(=O)(=O)c3ccc(N)cc3)ccc21. The van der Waals surface area contributed by atoms with E-state index < -0.39 is 9.84 Å². The molecule has 3 aromatic rings. The Balaban J connectivity index is 1.94. The van der Waals surface area contributed by atoms with Gasteiger partial charge >= 0.3 is 0 Å². The van der Waals surface area contributed by atoms with E-state index in [9.17, 15) is 8.42 Å². The van der Waals surface area contributed by atoms with Crippen molar-refractivity contribution in [3.63, 3.8) is 0 Å². The average molecular weight is 345 g/mol. The summed E-state index contributed by atoms with van der Waals surface area (Å²) >= 11 is 0. The second-order valence-electron chi connectivity index (χ2n) is 5.36. The largest absolute Gasteiger partial charge is 0.399 e. The van der Waals surface area contributed by atoms with Crippen molar-refractivity contribution in [2.24, 2.45) is 0 Å². The van der Waals surface area contributed by atoms with Crippen molar-refractivity contribution in [1.82, 2.24) is 9.55 Å². The fourth-order valence-corrected chi connectivity index (χ4v) is 3.76. The molecule has 0 aliphatic heterocycles. The van der Waals surface area contributed by atoms with Crippen LogP contribution in [0.2, 0.25) is 0 Å². The number of nitrogens with two attached hydrogens (primary N) is 1. The zero-order chi connectivity index (χ0) is 17.2. The molecular formula is C17H19N3O3S. The average Bonchev–Trinajstić information content (AvgIpc) is 2.98. The van der Waals surface area contributed by atoms with E-state index in [2.05, 4.69) is 4.98 Å². The molecule has 0 fully saturated rings. The number of nitrogen functional groups attached to an aromatic ring is 1. The fraction of sp³-hybridized carbons (Fsp3) is 0.235. The van der Waals surface area contributed by atoms with Crippen LogP contribution >= 0.6 is 0 Å². The highest BCUT2D eigenvalue weighted by Crippen LogP contribution is 2.25. The van der Waals surface area contributed by atoms with Crippen LogP contribution < -0.4 is 5.73 Å². The first-order chi connectivity index (χ1) is 11.5. The first kappa shape index (κ1) is 16.5. The summed E-state index contributed by atoms with van der Waals surface area (Å²) in [4.78, 5) is 4.73. The molecule has 2 aromatic carbocycles. The van der Waals surface area contributed by atoms with Crippen molar-refractivity contribution in [1.29, 1.82) is 0 Å². The van der Waals surface area contributed by atoms with Crippen molar-refractivity contribution >= 4 is 26.6 Å². The van der Waals surface area contributed by atoms with Crippen molar-refractivity contribution in [3.05, 3.63) is 48.8 Å². The molecule has 1 heterocycles. The summed E-state index contributed by atoms with van der Waals surface area (Å²) in [5.74, 6) is 0. The Morgan fingerprint density at radius 2 is 1.83 bits per heavy atom. The van der Waals surface area contributed by atoms with Gasteiger partial charge in [0.25, 0.3) is 0 Å². The molecule has 0 spiro atoms. The number of sulfone groups is 1. The Morgan fingerprint density at radius 1 is 1.12 bits per heavy atom. The summed E-state index contributed by atoms with van der Waals surface area (Å²) in [6.07, 6.45) is 1.70. The lowest BCUT2D eigenvalue weighted by atomic mass is 10.3. The maximum Gasteiger partial charge on any atom is 0.206 e. The normalized spacial score (nSPS) is 11.9. The van der Waals surface area contributed by atoms with Gasteiger partial charge in [0.05, 0.1) is 33.8 Å². The Labute approximate surface area is 140 Å². The van der Waals surface area contributed by atoms with Gasteiger partial charge in [0.2, 0.25) is 9.84 Å². The third-order valence-electron chi connectivity index (χ3n) is 3.77. The molecule has 0 bridgehead atoms. The van der Waals surface area contributed by atoms with Gasteiger partial charge in [-0.1, -0.05) is 0 Å². The molecule has 3 rings (SSSR count). The van der Waals surface area contributed by atoms with Crippen LogP contribution in [0.3, 0.4) is 0 Å². The molecule has 0 aliphatic carbocycles. The molecule has 0 saturated carbocycles. The Hall–Kier alpha value is -2.38. The predicted molar refractivity (Wildman–Crippen MR) is 92.5 cm³/mol. The van der Waals surface area contributed by atoms with Gasteiger partial charge in [-0.15, -0.1) is 0 Å². The van der Waals surface area contributed by atoms with Gasteiger partial charge in [0.15, 0.2) is 0 Å². The predicted octanol–water partition coefficient (Wildman–Crippen LogP) is 2.49. The number of rotatable bonds is 6. The van der Waals surface area contributed by atoms with Gasteiger partial charge in [0, 0.05) is 18.8 Å². The van der Waals surface area contributed by atoms with E-state index in [-0.39, 0.29) is 9.79 Å². The lowest BCUT2D eigenvalue weighted by Crippen LogP contribution is -2.05. The molecule has 1 aromatic heterocycles. The van der Waals surface area contributed by atoms with Gasteiger partial charge in [0.1, 0.15) is 0 Å². The number of hydrogen-bond acceptors (Lipinski definition) is 5. The molecule has 6 nitrogen and oxygen atoms in total. The summed E-state index contributed by atoms with van der Waals surface area (Å²) in [5, 5.41) is 0. The number of aromatic nitrogens is 2. The summed E-state index contributed by atoms with van der Waals surface area (Å²) in [6.45, 7) is 3.87. The molecule has 2 N–H and O–H groups in total. The summed E-state index contributed by atoms with van der Waals surface area (Å²) in [5.41, 5.74) is 7.67. The lowest BCUT2D eigenvalue weighted by molar-refractivity contribution is 0.140. The minimum atomic E-state index is -3.59. The second-order valence-corrected chi connectivity index (χ2v) is 7.31. The topological polar surface area (TPSA) is 87.2 Å². The molecule has 7 heteroatoms. The third kappa shape index (κ3) is 3.13. The van der Waals surface area contributed by atoms with E-state index in [0.29, 0.717) is 31.0 Å². The molecule has 0 saturated heterocycles. The Morgan fingerprint density at radius 3 is 2.54 bits per heavy atom. The van der Waals surface area contributed by atoms with E-state index >= 15 is 0 Å². The van der Waals surface area contributed by atoms with Crippen LogP contribution in [-0.4, -0.2) is 31.2 Å². The quantitative estimate of drug-likeness (QED) is 0.548. The molecule has 0 amide bonds. The smallest absolute Gasteiger partial charge is 0.206 e. The molecule has 126 valence electrons. The minimum absolute atomic E-state index is 0.215. The first-order valence-corrected chi connectivity index (χ1v) is 9.14. The van der Waals surface area contributed by atoms with Crippen LogP contribution in [-0.2, 0) is 21.1 Å². The van der Waals surface area contributed by atoms with Crippen LogP contribution in [0.5, 0.6) is 0 Å². The maximum atomic E-state index is 12.7. The van der Waals surface area contributed by atoms with E-state index in [4.69, 9.17) is 10.5 Å². The maximum absolute atomic E-state index is 12.7. The number of ether oxygens (including phenoxy) is 1. The van der Waals surface area contributed by atoms with Gasteiger partial charge in [-0.25, -0.2) is 13.4 Å². The number of fused-ring (bicyclic) bond motifs is 1. The first-order valence-electron chi connectivity index (χ1n) is 7.65. The number of nitrogens with zero attached hydrogens (tertiary/aromatic N) is 2. The fourth-order valence-electron chi connectivity index (χ4n) is 2.48. The number of benzene rings is 2. The number of hydrogen-bond donors (Lipinski definition) is 1. The molecular weight excluding hydrogens is 326 g/mol. The molecule has 0 unspecified atom stereocenters. The third-order valence-corrected chi connectivity index (χ3v) is 5.54. The van der Waals surface area contributed by atoms with Crippen LogP contribution in [0, 0.1) is 0 Å². The Kier molecular flexibility index (Phi) is 4.55. The number of anilines is 1. The molecule has 0 radical (unpaired) electrons. The highest BCUT2D eigenvalue weighted by atomic mass is 32.2. The van der Waals surface area contributed by atoms with E-state index in [1.807, 2.05) is 11.5 Å². The van der Waals surface area contributed by atoms with Crippen molar-refractivity contribution in [2.75, 3.05) is 18.9 Å². The zero-order valence-corrected chi connectivity index (χ0v) is 14.2. The van der Waals surface area contributed by atoms with Crippen LogP contribution in [0.15, 0.2) is 58.6 Å². The van der Waals surface area contributed by atoms with Crippen molar-refractivity contribution in [2.45, 2.75) is 23.3 Å². The van der Waals surface area contributed by atoms with Gasteiger partial charge < -0.3 is 15.0 Å². The number of imidazole rings is 1. The summed E-state index contributed by atoms with van der Waals surface area (Å²) in [7, 11) is -3.59. The van der Waals surface area contributed by atoms with Crippen LogP contribution in [0.1, 0.15) is 6.92 Å². The molecule has 0 atom stereocenters. The second kappa shape index (κ2) is 6.62. The minimum Gasteiger partial charge on any atom is -0.399 e. The lowest BCUT2D eigenvalue weighted by Gasteiger charge is -2.07. The monoisotopic (exact) mass is 345 g/mol. The van der Waals surface area contributed by atoms with E-state index in [1.165, 1.54) is 12.1 Å². The van der Waals surface area contributed by atoms with Crippen LogP contribution in [0.25, 0.3) is 11.0 Å². The standard InChI is InChI=1S/C17H19N3O3S/c1-2-23-10-9-20-12-19-16-11-15(7-8-17(16)20)24(21,22)14-5-3-13(18)4-6-14/h3-8,11-12H,2,9-10,18H2,1H3. The highest BCUT2D eigenvalue weighted by molar-refractivity contribution is 7.91.